The number of allylic oxidation sites excluding steroid dienone is 3. The zero-order valence-electron chi connectivity index (χ0n) is 15.4. The van der Waals surface area contributed by atoms with E-state index in [1.165, 1.54) is 0 Å². The first-order valence-electron chi connectivity index (χ1n) is 9.00. The summed E-state index contributed by atoms with van der Waals surface area (Å²) in [5, 5.41) is 0. The number of rotatable bonds is 1. The van der Waals surface area contributed by atoms with Gasteiger partial charge in [-0.2, -0.15) is 0 Å². The Bertz CT molecular complexity index is 587. The Balaban J connectivity index is 2.31. The highest BCUT2D eigenvalue weighted by molar-refractivity contribution is 6.02. The molecule has 1 fully saturated rings. The first kappa shape index (κ1) is 19.6. The molecule has 0 radical (unpaired) electrons. The summed E-state index contributed by atoms with van der Waals surface area (Å²) in [5.74, 6) is -0.496. The average molecular weight is 348 g/mol. The number of esters is 1. The van der Waals surface area contributed by atoms with E-state index in [9.17, 15) is 14.4 Å². The lowest BCUT2D eigenvalue weighted by molar-refractivity contribution is -0.145. The molecule has 25 heavy (non-hydrogen) atoms. The molecule has 138 valence electrons. The summed E-state index contributed by atoms with van der Waals surface area (Å²) in [4.78, 5) is 36.4. The second kappa shape index (κ2) is 9.09. The minimum absolute atomic E-state index is 0.0210. The summed E-state index contributed by atoms with van der Waals surface area (Å²) in [5.41, 5.74) is 1.81. The Hall–Kier alpha value is -1.75. The number of ether oxygens (including phenoxy) is 2. The minimum atomic E-state index is -0.514. The van der Waals surface area contributed by atoms with Gasteiger partial charge in [-0.1, -0.05) is 17.6 Å². The first-order valence-corrected chi connectivity index (χ1v) is 9.00. The fourth-order valence-corrected chi connectivity index (χ4v) is 3.93. The molecule has 0 unspecified atom stereocenters. The van der Waals surface area contributed by atoms with E-state index in [0.29, 0.717) is 12.8 Å². The van der Waals surface area contributed by atoms with Crippen LogP contribution in [0, 0.1) is 11.8 Å². The fraction of sp³-hybridized carbons (Fsp3) is 0.650. The molecule has 0 spiro atoms. The number of hydrogen-bond donors (Lipinski definition) is 0. The van der Waals surface area contributed by atoms with Crippen LogP contribution >= 0.6 is 0 Å². The molecular weight excluding hydrogens is 320 g/mol. The van der Waals surface area contributed by atoms with Crippen LogP contribution in [0.5, 0.6) is 0 Å². The summed E-state index contributed by atoms with van der Waals surface area (Å²) < 4.78 is 10.7. The van der Waals surface area contributed by atoms with Crippen molar-refractivity contribution in [3.63, 3.8) is 0 Å². The van der Waals surface area contributed by atoms with Gasteiger partial charge < -0.3 is 9.47 Å². The number of methoxy groups -OCH3 is 1. The Morgan fingerprint density at radius 1 is 1.08 bits per heavy atom. The maximum absolute atomic E-state index is 12.5. The molecule has 0 aromatic rings. The summed E-state index contributed by atoms with van der Waals surface area (Å²) in [6.07, 6.45) is 6.78. The molecule has 3 atom stereocenters. The van der Waals surface area contributed by atoms with E-state index < -0.39 is 5.97 Å². The highest BCUT2D eigenvalue weighted by Gasteiger charge is 2.35. The van der Waals surface area contributed by atoms with Crippen LogP contribution in [0.2, 0.25) is 0 Å². The van der Waals surface area contributed by atoms with Crippen molar-refractivity contribution in [3.8, 4) is 0 Å². The van der Waals surface area contributed by atoms with Gasteiger partial charge in [-0.05, 0) is 50.7 Å². The van der Waals surface area contributed by atoms with Crippen molar-refractivity contribution in [1.82, 2.24) is 0 Å². The third kappa shape index (κ3) is 5.63. The quantitative estimate of drug-likeness (QED) is 0.538. The van der Waals surface area contributed by atoms with E-state index in [4.69, 9.17) is 9.47 Å². The zero-order valence-corrected chi connectivity index (χ0v) is 15.4. The van der Waals surface area contributed by atoms with Crippen LogP contribution < -0.4 is 0 Å². The summed E-state index contributed by atoms with van der Waals surface area (Å²) in [6, 6.07) is 0. The van der Waals surface area contributed by atoms with E-state index in [1.54, 1.807) is 19.3 Å². The van der Waals surface area contributed by atoms with Crippen LogP contribution in [-0.4, -0.2) is 37.4 Å². The lowest BCUT2D eigenvalue weighted by Crippen LogP contribution is -2.36. The number of fused-ring (bicyclic) bond motifs is 1. The van der Waals surface area contributed by atoms with E-state index in [0.717, 1.165) is 30.4 Å². The Kier molecular flexibility index (Phi) is 7.12. The largest absolute Gasteiger partial charge is 0.465 e. The SMILES string of the molecule is CO[C@H]1CCC[C@@H]2/C(C)=C/C(=O)CC(=O)OCC/C(C)=C\C(=O)C[C@@H]12. The van der Waals surface area contributed by atoms with Gasteiger partial charge in [-0.15, -0.1) is 0 Å². The highest BCUT2D eigenvalue weighted by Crippen LogP contribution is 2.39. The number of carbonyl (C=O) groups excluding carboxylic acids is 3. The smallest absolute Gasteiger partial charge is 0.313 e. The van der Waals surface area contributed by atoms with Crippen LogP contribution in [0.4, 0.5) is 0 Å². The van der Waals surface area contributed by atoms with E-state index in [-0.39, 0.29) is 42.5 Å². The molecule has 1 saturated carbocycles. The molecule has 5 nitrogen and oxygen atoms in total. The van der Waals surface area contributed by atoms with Gasteiger partial charge in [0.05, 0.1) is 12.7 Å². The number of cyclic esters (lactones) is 1. The van der Waals surface area contributed by atoms with Gasteiger partial charge in [0.25, 0.3) is 0 Å². The topological polar surface area (TPSA) is 69.7 Å². The van der Waals surface area contributed by atoms with E-state index in [1.807, 2.05) is 13.8 Å². The molecule has 0 aromatic heterocycles. The second-order valence-corrected chi connectivity index (χ2v) is 7.14. The van der Waals surface area contributed by atoms with Crippen molar-refractivity contribution in [2.24, 2.45) is 11.8 Å². The van der Waals surface area contributed by atoms with Crippen molar-refractivity contribution in [2.75, 3.05) is 13.7 Å². The molecule has 0 amide bonds. The Labute approximate surface area is 149 Å². The lowest BCUT2D eigenvalue weighted by Gasteiger charge is -2.37. The predicted molar refractivity (Wildman–Crippen MR) is 94.0 cm³/mol. The van der Waals surface area contributed by atoms with Crippen molar-refractivity contribution in [1.29, 1.82) is 0 Å². The Morgan fingerprint density at radius 3 is 2.56 bits per heavy atom. The van der Waals surface area contributed by atoms with Gasteiger partial charge in [0.1, 0.15) is 6.42 Å². The van der Waals surface area contributed by atoms with Gasteiger partial charge in [0.15, 0.2) is 11.6 Å². The summed E-state index contributed by atoms with van der Waals surface area (Å²) in [7, 11) is 1.68. The summed E-state index contributed by atoms with van der Waals surface area (Å²) >= 11 is 0. The summed E-state index contributed by atoms with van der Waals surface area (Å²) in [6.45, 7) is 3.97. The predicted octanol–water partition coefficient (Wildman–Crippen LogP) is 3.18. The van der Waals surface area contributed by atoms with Gasteiger partial charge in [0.2, 0.25) is 0 Å². The molecule has 5 heteroatoms. The second-order valence-electron chi connectivity index (χ2n) is 7.14. The first-order chi connectivity index (χ1) is 11.9. The average Bonchev–Trinajstić information content (AvgIpc) is 2.53. The van der Waals surface area contributed by atoms with Gasteiger partial charge in [0, 0.05) is 20.0 Å². The van der Waals surface area contributed by atoms with Gasteiger partial charge >= 0.3 is 5.97 Å². The van der Waals surface area contributed by atoms with Crippen molar-refractivity contribution in [2.45, 2.75) is 58.5 Å². The molecule has 0 aromatic carbocycles. The molecule has 1 heterocycles. The van der Waals surface area contributed by atoms with E-state index in [2.05, 4.69) is 0 Å². The van der Waals surface area contributed by atoms with Crippen molar-refractivity contribution in [3.05, 3.63) is 23.3 Å². The molecule has 2 aliphatic rings. The van der Waals surface area contributed by atoms with Crippen LogP contribution in [0.15, 0.2) is 23.3 Å². The number of carbonyl (C=O) groups is 3. The van der Waals surface area contributed by atoms with Crippen LogP contribution in [0.3, 0.4) is 0 Å². The van der Waals surface area contributed by atoms with Crippen LogP contribution in [0.25, 0.3) is 0 Å². The van der Waals surface area contributed by atoms with Gasteiger partial charge in [-0.25, -0.2) is 0 Å². The normalized spacial score (nSPS) is 34.0. The maximum atomic E-state index is 12.5. The Morgan fingerprint density at radius 2 is 1.84 bits per heavy atom. The molecule has 1 aliphatic carbocycles. The van der Waals surface area contributed by atoms with Crippen LogP contribution in [0.1, 0.15) is 52.4 Å². The minimum Gasteiger partial charge on any atom is -0.465 e. The zero-order chi connectivity index (χ0) is 18.4. The third-order valence-electron chi connectivity index (χ3n) is 5.20. The van der Waals surface area contributed by atoms with Crippen molar-refractivity contribution < 1.29 is 23.9 Å². The molecule has 0 bridgehead atoms. The highest BCUT2D eigenvalue weighted by atomic mass is 16.5. The molecule has 2 rings (SSSR count). The maximum Gasteiger partial charge on any atom is 0.313 e. The molecule has 0 N–H and O–H groups in total. The standard InChI is InChI=1S/C20H28O5/c1-13-7-8-25-20(23)12-16(22)10-14(2)17-5-4-6-19(24-3)18(17)11-15(21)9-13/h9-10,17-19H,4-8,11-12H2,1-3H3/b13-9-,14-10+/t17-,18-,19+/m1/s1. The fourth-order valence-electron chi connectivity index (χ4n) is 3.93. The molecular formula is C20H28O5. The number of ketones is 2. The molecule has 1 aliphatic heterocycles. The monoisotopic (exact) mass is 348 g/mol. The van der Waals surface area contributed by atoms with Crippen LogP contribution in [-0.2, 0) is 23.9 Å². The van der Waals surface area contributed by atoms with Gasteiger partial charge in [-0.3, -0.25) is 14.4 Å². The molecule has 0 saturated heterocycles. The number of hydrogen-bond acceptors (Lipinski definition) is 5. The van der Waals surface area contributed by atoms with Crippen molar-refractivity contribution >= 4 is 17.5 Å². The van der Waals surface area contributed by atoms with E-state index >= 15 is 0 Å². The third-order valence-corrected chi connectivity index (χ3v) is 5.20. The lowest BCUT2D eigenvalue weighted by atomic mass is 9.71.